The van der Waals surface area contributed by atoms with Crippen LogP contribution in [0.3, 0.4) is 0 Å². The number of anilines is 1. The summed E-state index contributed by atoms with van der Waals surface area (Å²) in [6.45, 7) is 2.75. The zero-order valence-corrected chi connectivity index (χ0v) is 10.2. The molecule has 6 nitrogen and oxygen atoms in total. The van der Waals surface area contributed by atoms with Crippen LogP contribution >= 0.6 is 0 Å². The summed E-state index contributed by atoms with van der Waals surface area (Å²) in [6, 6.07) is 0. The molecule has 1 amide bonds. The Bertz CT molecular complexity index is 439. The van der Waals surface area contributed by atoms with Crippen LogP contribution in [0, 0.1) is 0 Å². The molecule has 0 spiro atoms. The predicted molar refractivity (Wildman–Crippen MR) is 63.4 cm³/mol. The van der Waals surface area contributed by atoms with E-state index in [9.17, 15) is 9.90 Å². The Kier molecular flexibility index (Phi) is 2.82. The third-order valence-electron chi connectivity index (χ3n) is 3.18. The number of carbonyl (C=O) groups is 1. The molecule has 1 aromatic heterocycles. The predicted octanol–water partition coefficient (Wildman–Crippen LogP) is -0.0107. The Morgan fingerprint density at radius 3 is 2.88 bits per heavy atom. The van der Waals surface area contributed by atoms with Crippen molar-refractivity contribution in [2.24, 2.45) is 7.05 Å². The molecule has 17 heavy (non-hydrogen) atoms. The maximum Gasteiger partial charge on any atom is 0.259 e. The van der Waals surface area contributed by atoms with Gasteiger partial charge in [-0.15, -0.1) is 0 Å². The number of rotatable bonds is 1. The fourth-order valence-electron chi connectivity index (χ4n) is 2.18. The molecule has 1 atom stereocenters. The second-order valence-corrected chi connectivity index (χ2v) is 4.89. The molecule has 0 aliphatic carbocycles. The van der Waals surface area contributed by atoms with Crippen LogP contribution in [0.1, 0.15) is 30.1 Å². The molecule has 1 fully saturated rings. The molecule has 1 unspecified atom stereocenters. The SMILES string of the molecule is Cn1ncc(C(=O)N2CCCC(C)(O)C2)c1N. The number of aryl methyl sites for hydroxylation is 1. The highest BCUT2D eigenvalue weighted by Crippen LogP contribution is 2.23. The van der Waals surface area contributed by atoms with Gasteiger partial charge in [-0.05, 0) is 19.8 Å². The highest BCUT2D eigenvalue weighted by Gasteiger charge is 2.32. The second-order valence-electron chi connectivity index (χ2n) is 4.89. The summed E-state index contributed by atoms with van der Waals surface area (Å²) in [5.41, 5.74) is 5.38. The molecule has 1 aliphatic heterocycles. The Morgan fingerprint density at radius 1 is 1.65 bits per heavy atom. The molecule has 0 saturated carbocycles. The highest BCUT2D eigenvalue weighted by atomic mass is 16.3. The molecule has 2 heterocycles. The van der Waals surface area contributed by atoms with Crippen molar-refractivity contribution in [1.82, 2.24) is 14.7 Å². The van der Waals surface area contributed by atoms with Crippen molar-refractivity contribution in [3.63, 3.8) is 0 Å². The van der Waals surface area contributed by atoms with Crippen molar-refractivity contribution in [3.8, 4) is 0 Å². The summed E-state index contributed by atoms with van der Waals surface area (Å²) in [4.78, 5) is 13.8. The summed E-state index contributed by atoms with van der Waals surface area (Å²) < 4.78 is 1.47. The number of nitrogen functional groups attached to an aromatic ring is 1. The molecule has 2 rings (SSSR count). The van der Waals surface area contributed by atoms with Crippen molar-refractivity contribution < 1.29 is 9.90 Å². The van der Waals surface area contributed by atoms with Crippen LogP contribution in [0.25, 0.3) is 0 Å². The maximum absolute atomic E-state index is 12.2. The minimum atomic E-state index is -0.801. The normalized spacial score (nSPS) is 25.0. The van der Waals surface area contributed by atoms with Gasteiger partial charge in [0.1, 0.15) is 11.4 Å². The third kappa shape index (κ3) is 2.26. The minimum Gasteiger partial charge on any atom is -0.388 e. The lowest BCUT2D eigenvalue weighted by Gasteiger charge is -2.36. The first kappa shape index (κ1) is 11.9. The average molecular weight is 238 g/mol. The number of likely N-dealkylation sites (tertiary alicyclic amines) is 1. The summed E-state index contributed by atoms with van der Waals surface area (Å²) in [7, 11) is 1.69. The van der Waals surface area contributed by atoms with E-state index < -0.39 is 5.60 Å². The lowest BCUT2D eigenvalue weighted by Crippen LogP contribution is -2.48. The van der Waals surface area contributed by atoms with E-state index in [0.717, 1.165) is 12.8 Å². The molecule has 1 aromatic rings. The van der Waals surface area contributed by atoms with Crippen molar-refractivity contribution in [2.45, 2.75) is 25.4 Å². The van der Waals surface area contributed by atoms with Crippen LogP contribution in [-0.4, -0.2) is 44.4 Å². The number of β-amino-alcohol motifs (C(OH)–C–C–N with tert-alkyl or cyclic N) is 1. The van der Waals surface area contributed by atoms with Crippen molar-refractivity contribution >= 4 is 11.7 Å². The van der Waals surface area contributed by atoms with Gasteiger partial charge in [0.15, 0.2) is 0 Å². The van der Waals surface area contributed by atoms with Gasteiger partial charge in [-0.25, -0.2) is 0 Å². The fourth-order valence-corrected chi connectivity index (χ4v) is 2.18. The Hall–Kier alpha value is -1.56. The summed E-state index contributed by atoms with van der Waals surface area (Å²) in [5, 5.41) is 13.9. The van der Waals surface area contributed by atoms with E-state index in [-0.39, 0.29) is 5.91 Å². The van der Waals surface area contributed by atoms with E-state index >= 15 is 0 Å². The van der Waals surface area contributed by atoms with Gasteiger partial charge in [0.05, 0.1) is 11.8 Å². The monoisotopic (exact) mass is 238 g/mol. The van der Waals surface area contributed by atoms with E-state index in [1.54, 1.807) is 18.9 Å². The van der Waals surface area contributed by atoms with Crippen LogP contribution in [0.2, 0.25) is 0 Å². The van der Waals surface area contributed by atoms with Crippen molar-refractivity contribution in [3.05, 3.63) is 11.8 Å². The number of hydrogen-bond donors (Lipinski definition) is 2. The smallest absolute Gasteiger partial charge is 0.259 e. The molecular formula is C11H18N4O2. The largest absolute Gasteiger partial charge is 0.388 e. The second kappa shape index (κ2) is 4.03. The zero-order chi connectivity index (χ0) is 12.6. The van der Waals surface area contributed by atoms with Gasteiger partial charge in [-0.2, -0.15) is 5.10 Å². The number of piperidine rings is 1. The van der Waals surface area contributed by atoms with Gasteiger partial charge in [0.25, 0.3) is 5.91 Å². The van der Waals surface area contributed by atoms with Gasteiger partial charge in [0, 0.05) is 20.1 Å². The van der Waals surface area contributed by atoms with Crippen LogP contribution in [-0.2, 0) is 7.05 Å². The number of aliphatic hydroxyl groups is 1. The summed E-state index contributed by atoms with van der Waals surface area (Å²) >= 11 is 0. The zero-order valence-electron chi connectivity index (χ0n) is 10.2. The molecule has 0 radical (unpaired) electrons. The molecule has 6 heteroatoms. The van der Waals surface area contributed by atoms with E-state index in [1.807, 2.05) is 0 Å². The number of carbonyl (C=O) groups excluding carboxylic acids is 1. The Labute approximate surface area is 100 Å². The van der Waals surface area contributed by atoms with E-state index in [2.05, 4.69) is 5.10 Å². The minimum absolute atomic E-state index is 0.157. The summed E-state index contributed by atoms with van der Waals surface area (Å²) in [6.07, 6.45) is 3.00. The number of amides is 1. The number of nitrogens with two attached hydrogens (primary N) is 1. The van der Waals surface area contributed by atoms with Crippen molar-refractivity contribution in [1.29, 1.82) is 0 Å². The molecule has 0 bridgehead atoms. The average Bonchev–Trinajstić information content (AvgIpc) is 2.57. The Morgan fingerprint density at radius 2 is 2.35 bits per heavy atom. The molecule has 94 valence electrons. The Balaban J connectivity index is 2.18. The first-order valence-corrected chi connectivity index (χ1v) is 5.70. The van der Waals surface area contributed by atoms with Crippen LogP contribution in [0.5, 0.6) is 0 Å². The molecule has 3 N–H and O–H groups in total. The van der Waals surface area contributed by atoms with Gasteiger partial charge < -0.3 is 15.7 Å². The maximum atomic E-state index is 12.2. The van der Waals surface area contributed by atoms with E-state index in [4.69, 9.17) is 5.73 Å². The van der Waals surface area contributed by atoms with Crippen LogP contribution in [0.15, 0.2) is 6.20 Å². The van der Waals surface area contributed by atoms with Crippen LogP contribution < -0.4 is 5.73 Å². The highest BCUT2D eigenvalue weighted by molar-refractivity contribution is 5.98. The lowest BCUT2D eigenvalue weighted by atomic mass is 9.95. The first-order chi connectivity index (χ1) is 7.91. The van der Waals surface area contributed by atoms with Gasteiger partial charge in [0.2, 0.25) is 0 Å². The van der Waals surface area contributed by atoms with Crippen LogP contribution in [0.4, 0.5) is 5.82 Å². The molecule has 1 saturated heterocycles. The van der Waals surface area contributed by atoms with E-state index in [1.165, 1.54) is 10.9 Å². The quantitative estimate of drug-likeness (QED) is 0.720. The standard InChI is InChI=1S/C11H18N4O2/c1-11(17)4-3-5-15(7-11)10(16)8-6-13-14(2)9(8)12/h6,17H,3-5,7,12H2,1-2H3. The topological polar surface area (TPSA) is 84.4 Å². The van der Waals surface area contributed by atoms with E-state index in [0.29, 0.717) is 24.5 Å². The molecule has 0 aromatic carbocycles. The van der Waals surface area contributed by atoms with Gasteiger partial charge >= 0.3 is 0 Å². The fraction of sp³-hybridized carbons (Fsp3) is 0.636. The summed E-state index contributed by atoms with van der Waals surface area (Å²) in [5.74, 6) is 0.204. The molecule has 1 aliphatic rings. The lowest BCUT2D eigenvalue weighted by molar-refractivity contribution is -0.0107. The number of nitrogens with zero attached hydrogens (tertiary/aromatic N) is 3. The number of hydrogen-bond acceptors (Lipinski definition) is 4. The van der Waals surface area contributed by atoms with Gasteiger partial charge in [-0.3, -0.25) is 9.48 Å². The van der Waals surface area contributed by atoms with Crippen molar-refractivity contribution in [2.75, 3.05) is 18.8 Å². The third-order valence-corrected chi connectivity index (χ3v) is 3.18. The number of aromatic nitrogens is 2. The van der Waals surface area contributed by atoms with Gasteiger partial charge in [-0.1, -0.05) is 0 Å². The molecular weight excluding hydrogens is 220 g/mol. The first-order valence-electron chi connectivity index (χ1n) is 5.70.